The number of rotatable bonds is 5. The van der Waals surface area contributed by atoms with E-state index in [0.717, 1.165) is 32.2 Å². The molecule has 4 heteroatoms. The molecule has 0 bridgehead atoms. The van der Waals surface area contributed by atoms with E-state index >= 15 is 0 Å². The highest BCUT2D eigenvalue weighted by Gasteiger charge is 2.25. The van der Waals surface area contributed by atoms with Gasteiger partial charge in [0.25, 0.3) is 0 Å². The summed E-state index contributed by atoms with van der Waals surface area (Å²) in [5.74, 6) is 0. The van der Waals surface area contributed by atoms with Gasteiger partial charge in [0.2, 0.25) is 0 Å². The molecular formula is C18H28N2O2. The van der Waals surface area contributed by atoms with Crippen molar-refractivity contribution in [3.63, 3.8) is 0 Å². The molecule has 0 aromatic heterocycles. The Kier molecular flexibility index (Phi) is 6.25. The predicted molar refractivity (Wildman–Crippen MR) is 89.1 cm³/mol. The van der Waals surface area contributed by atoms with Crippen molar-refractivity contribution in [2.75, 3.05) is 19.7 Å². The van der Waals surface area contributed by atoms with Gasteiger partial charge in [-0.1, -0.05) is 23.8 Å². The van der Waals surface area contributed by atoms with E-state index in [0.29, 0.717) is 13.0 Å². The van der Waals surface area contributed by atoms with Crippen LogP contribution in [-0.2, 0) is 6.42 Å². The Morgan fingerprint density at radius 2 is 2.18 bits per heavy atom. The maximum Gasteiger partial charge on any atom is 0.317 e. The maximum absolute atomic E-state index is 12.3. The molecular weight excluding hydrogens is 276 g/mol. The summed E-state index contributed by atoms with van der Waals surface area (Å²) >= 11 is 0. The second-order valence-electron chi connectivity index (χ2n) is 6.27. The Balaban J connectivity index is 1.83. The molecule has 0 radical (unpaired) electrons. The lowest BCUT2D eigenvalue weighted by atomic mass is 10.00. The Morgan fingerprint density at radius 1 is 1.36 bits per heavy atom. The highest BCUT2D eigenvalue weighted by Crippen LogP contribution is 2.19. The van der Waals surface area contributed by atoms with Crippen LogP contribution in [0, 0.1) is 13.8 Å². The van der Waals surface area contributed by atoms with Crippen LogP contribution in [-0.4, -0.2) is 41.8 Å². The van der Waals surface area contributed by atoms with Gasteiger partial charge in [-0.3, -0.25) is 0 Å². The molecule has 2 rings (SSSR count). The van der Waals surface area contributed by atoms with Gasteiger partial charge in [0.15, 0.2) is 0 Å². The second-order valence-corrected chi connectivity index (χ2v) is 6.27. The van der Waals surface area contributed by atoms with Gasteiger partial charge in [-0.15, -0.1) is 0 Å². The van der Waals surface area contributed by atoms with Crippen molar-refractivity contribution in [2.45, 2.75) is 52.0 Å². The number of aliphatic hydroxyl groups excluding tert-OH is 1. The Labute approximate surface area is 133 Å². The minimum Gasteiger partial charge on any atom is -0.396 e. The number of benzene rings is 1. The molecule has 0 aliphatic carbocycles. The van der Waals surface area contributed by atoms with Crippen LogP contribution < -0.4 is 5.32 Å². The lowest BCUT2D eigenvalue weighted by Crippen LogP contribution is -2.49. The van der Waals surface area contributed by atoms with Crippen LogP contribution in [0.15, 0.2) is 18.2 Å². The number of aryl methyl sites for hydroxylation is 2. The molecule has 1 aliphatic rings. The molecule has 1 aliphatic heterocycles. The largest absolute Gasteiger partial charge is 0.396 e. The fraction of sp³-hybridized carbons (Fsp3) is 0.611. The summed E-state index contributed by atoms with van der Waals surface area (Å²) in [5, 5.41) is 12.2. The van der Waals surface area contributed by atoms with Crippen LogP contribution in [0.1, 0.15) is 42.4 Å². The minimum absolute atomic E-state index is 0.0166. The first-order chi connectivity index (χ1) is 10.6. The molecule has 1 aromatic rings. The van der Waals surface area contributed by atoms with Crippen molar-refractivity contribution in [1.82, 2.24) is 10.2 Å². The van der Waals surface area contributed by atoms with Crippen LogP contribution in [0.4, 0.5) is 4.79 Å². The lowest BCUT2D eigenvalue weighted by Gasteiger charge is -2.35. The van der Waals surface area contributed by atoms with Crippen molar-refractivity contribution >= 4 is 6.03 Å². The third-order valence-electron chi connectivity index (χ3n) is 4.52. The van der Waals surface area contributed by atoms with Crippen LogP contribution in [0.25, 0.3) is 0 Å². The van der Waals surface area contributed by atoms with Gasteiger partial charge in [0, 0.05) is 25.7 Å². The third kappa shape index (κ3) is 4.47. The summed E-state index contributed by atoms with van der Waals surface area (Å²) in [6.45, 7) is 5.82. The van der Waals surface area contributed by atoms with Gasteiger partial charge in [-0.25, -0.2) is 4.79 Å². The quantitative estimate of drug-likeness (QED) is 0.879. The zero-order chi connectivity index (χ0) is 15.9. The zero-order valence-corrected chi connectivity index (χ0v) is 13.8. The van der Waals surface area contributed by atoms with Crippen molar-refractivity contribution in [1.29, 1.82) is 0 Å². The first-order valence-corrected chi connectivity index (χ1v) is 8.33. The Bertz CT molecular complexity index is 500. The van der Waals surface area contributed by atoms with Gasteiger partial charge in [-0.2, -0.15) is 0 Å². The summed E-state index contributed by atoms with van der Waals surface area (Å²) in [7, 11) is 0. The summed E-state index contributed by atoms with van der Waals surface area (Å²) < 4.78 is 0. The summed E-state index contributed by atoms with van der Waals surface area (Å²) in [4.78, 5) is 14.3. The fourth-order valence-electron chi connectivity index (χ4n) is 3.25. The molecule has 1 fully saturated rings. The normalized spacial score (nSPS) is 18.3. The molecule has 2 amide bonds. The highest BCUT2D eigenvalue weighted by molar-refractivity contribution is 5.74. The SMILES string of the molecule is Cc1ccc(CCNC(=O)N2CCCCC2CCO)c(C)c1. The Morgan fingerprint density at radius 3 is 2.91 bits per heavy atom. The van der Waals surface area contributed by atoms with Gasteiger partial charge >= 0.3 is 6.03 Å². The first-order valence-electron chi connectivity index (χ1n) is 8.33. The molecule has 0 saturated carbocycles. The average Bonchev–Trinajstić information content (AvgIpc) is 2.50. The van der Waals surface area contributed by atoms with E-state index in [-0.39, 0.29) is 18.7 Å². The fourth-order valence-corrected chi connectivity index (χ4v) is 3.25. The van der Waals surface area contributed by atoms with Gasteiger partial charge in [0.1, 0.15) is 0 Å². The molecule has 22 heavy (non-hydrogen) atoms. The number of amides is 2. The third-order valence-corrected chi connectivity index (χ3v) is 4.52. The molecule has 1 aromatic carbocycles. The number of aliphatic hydroxyl groups is 1. The monoisotopic (exact) mass is 304 g/mol. The number of carbonyl (C=O) groups is 1. The summed E-state index contributed by atoms with van der Waals surface area (Å²) in [6.07, 6.45) is 4.76. The summed E-state index contributed by atoms with van der Waals surface area (Å²) in [5.41, 5.74) is 3.84. The van der Waals surface area contributed by atoms with E-state index in [1.165, 1.54) is 16.7 Å². The highest BCUT2D eigenvalue weighted by atomic mass is 16.3. The van der Waals surface area contributed by atoms with Gasteiger partial charge in [-0.05, 0) is 57.1 Å². The van der Waals surface area contributed by atoms with Crippen molar-refractivity contribution in [2.24, 2.45) is 0 Å². The molecule has 1 saturated heterocycles. The van der Waals surface area contributed by atoms with E-state index in [2.05, 4.69) is 37.4 Å². The topological polar surface area (TPSA) is 52.6 Å². The average molecular weight is 304 g/mol. The number of hydrogen-bond acceptors (Lipinski definition) is 2. The molecule has 1 heterocycles. The molecule has 4 nitrogen and oxygen atoms in total. The van der Waals surface area contributed by atoms with E-state index in [1.807, 2.05) is 4.90 Å². The molecule has 1 unspecified atom stereocenters. The van der Waals surface area contributed by atoms with Crippen LogP contribution >= 0.6 is 0 Å². The number of piperidine rings is 1. The van der Waals surface area contributed by atoms with Crippen LogP contribution in [0.5, 0.6) is 0 Å². The molecule has 2 N–H and O–H groups in total. The van der Waals surface area contributed by atoms with E-state index in [9.17, 15) is 4.79 Å². The standard InChI is InChI=1S/C18H28N2O2/c1-14-6-7-16(15(2)13-14)8-10-19-18(22)20-11-4-3-5-17(20)9-12-21/h6-7,13,17,21H,3-5,8-12H2,1-2H3,(H,19,22). The number of likely N-dealkylation sites (tertiary alicyclic amines) is 1. The zero-order valence-electron chi connectivity index (χ0n) is 13.8. The molecule has 1 atom stereocenters. The number of nitrogens with one attached hydrogen (secondary N) is 1. The smallest absolute Gasteiger partial charge is 0.317 e. The van der Waals surface area contributed by atoms with Crippen molar-refractivity contribution < 1.29 is 9.90 Å². The second kappa shape index (κ2) is 8.18. The van der Waals surface area contributed by atoms with E-state index in [4.69, 9.17) is 5.11 Å². The Hall–Kier alpha value is -1.55. The van der Waals surface area contributed by atoms with Crippen molar-refractivity contribution in [3.8, 4) is 0 Å². The van der Waals surface area contributed by atoms with Crippen molar-refractivity contribution in [3.05, 3.63) is 34.9 Å². The molecule has 122 valence electrons. The predicted octanol–water partition coefficient (Wildman–Crippen LogP) is 2.79. The van der Waals surface area contributed by atoms with Gasteiger partial charge < -0.3 is 15.3 Å². The lowest BCUT2D eigenvalue weighted by molar-refractivity contribution is 0.132. The number of nitrogens with zero attached hydrogens (tertiary/aromatic N) is 1. The summed E-state index contributed by atoms with van der Waals surface area (Å²) in [6, 6.07) is 6.65. The number of hydrogen-bond donors (Lipinski definition) is 2. The first kappa shape index (κ1) is 16.8. The van der Waals surface area contributed by atoms with E-state index in [1.54, 1.807) is 0 Å². The van der Waals surface area contributed by atoms with Crippen LogP contribution in [0.2, 0.25) is 0 Å². The minimum atomic E-state index is 0.0166. The van der Waals surface area contributed by atoms with Gasteiger partial charge in [0.05, 0.1) is 0 Å². The molecule has 0 spiro atoms. The van der Waals surface area contributed by atoms with E-state index < -0.39 is 0 Å². The number of urea groups is 1. The maximum atomic E-state index is 12.3. The number of carbonyl (C=O) groups excluding carboxylic acids is 1. The van der Waals surface area contributed by atoms with Crippen LogP contribution in [0.3, 0.4) is 0 Å².